The van der Waals surface area contributed by atoms with Crippen LogP contribution < -0.4 is 5.32 Å². The Morgan fingerprint density at radius 1 is 1.41 bits per heavy atom. The topological polar surface area (TPSA) is 15.3 Å². The predicted octanol–water partition coefficient (Wildman–Crippen LogP) is 3.18. The molecular formula is C14H26N2S. The molecule has 0 bridgehead atoms. The largest absolute Gasteiger partial charge is 0.311 e. The van der Waals surface area contributed by atoms with Gasteiger partial charge in [0.15, 0.2) is 0 Å². The van der Waals surface area contributed by atoms with E-state index in [4.69, 9.17) is 0 Å². The molecule has 1 rings (SSSR count). The maximum absolute atomic E-state index is 3.53. The number of nitrogens with zero attached hydrogens (tertiary/aromatic N) is 1. The van der Waals surface area contributed by atoms with E-state index in [0.717, 1.165) is 19.6 Å². The van der Waals surface area contributed by atoms with Crippen LogP contribution in [0.2, 0.25) is 0 Å². The minimum atomic E-state index is 0.682. The normalized spacial score (nSPS) is 13.3. The molecule has 17 heavy (non-hydrogen) atoms. The standard InChI is InChI=1S/C14H26N2S/c1-6-11(2)16(5)8-7-15-10-14-9-12(3)17-13(14)4/h9,11,15H,6-8,10H2,1-5H3. The van der Waals surface area contributed by atoms with Crippen LogP contribution in [0, 0.1) is 13.8 Å². The van der Waals surface area contributed by atoms with Gasteiger partial charge in [-0.15, -0.1) is 11.3 Å². The van der Waals surface area contributed by atoms with Crippen molar-refractivity contribution in [3.8, 4) is 0 Å². The number of thiophene rings is 1. The van der Waals surface area contributed by atoms with Crippen molar-refractivity contribution in [2.24, 2.45) is 0 Å². The van der Waals surface area contributed by atoms with E-state index in [1.165, 1.54) is 21.7 Å². The number of hydrogen-bond donors (Lipinski definition) is 1. The molecule has 0 saturated heterocycles. The van der Waals surface area contributed by atoms with Crippen LogP contribution in [-0.2, 0) is 6.54 Å². The highest BCUT2D eigenvalue weighted by atomic mass is 32.1. The van der Waals surface area contributed by atoms with Gasteiger partial charge in [-0.2, -0.15) is 0 Å². The summed E-state index contributed by atoms with van der Waals surface area (Å²) in [7, 11) is 2.20. The van der Waals surface area contributed by atoms with Crippen LogP contribution in [0.25, 0.3) is 0 Å². The maximum atomic E-state index is 3.53. The highest BCUT2D eigenvalue weighted by Crippen LogP contribution is 2.20. The zero-order valence-electron chi connectivity index (χ0n) is 11.8. The van der Waals surface area contributed by atoms with Crippen LogP contribution in [-0.4, -0.2) is 31.1 Å². The second-order valence-electron chi connectivity index (χ2n) is 4.85. The molecule has 0 aliphatic rings. The van der Waals surface area contributed by atoms with Crippen molar-refractivity contribution in [2.75, 3.05) is 20.1 Å². The van der Waals surface area contributed by atoms with Gasteiger partial charge in [0.05, 0.1) is 0 Å². The van der Waals surface area contributed by atoms with Crippen molar-refractivity contribution >= 4 is 11.3 Å². The summed E-state index contributed by atoms with van der Waals surface area (Å²) in [5.41, 5.74) is 1.46. The molecule has 0 radical (unpaired) electrons. The van der Waals surface area contributed by atoms with Gasteiger partial charge in [-0.1, -0.05) is 6.92 Å². The fourth-order valence-corrected chi connectivity index (χ4v) is 2.82. The Balaban J connectivity index is 2.22. The van der Waals surface area contributed by atoms with Gasteiger partial charge in [0.1, 0.15) is 0 Å². The first-order chi connectivity index (χ1) is 8.04. The SMILES string of the molecule is CCC(C)N(C)CCNCc1cc(C)sc1C. The van der Waals surface area contributed by atoms with Gasteiger partial charge in [-0.05, 0) is 45.9 Å². The molecule has 1 heterocycles. The molecule has 2 nitrogen and oxygen atoms in total. The number of hydrogen-bond acceptors (Lipinski definition) is 3. The summed E-state index contributed by atoms with van der Waals surface area (Å²) in [6.07, 6.45) is 1.22. The third-order valence-corrected chi connectivity index (χ3v) is 4.45. The molecule has 1 N–H and O–H groups in total. The van der Waals surface area contributed by atoms with Crippen LogP contribution in [0.4, 0.5) is 0 Å². The van der Waals surface area contributed by atoms with Gasteiger partial charge in [0.25, 0.3) is 0 Å². The summed E-state index contributed by atoms with van der Waals surface area (Å²) in [6, 6.07) is 2.98. The van der Waals surface area contributed by atoms with Crippen LogP contribution in [0.3, 0.4) is 0 Å². The maximum Gasteiger partial charge on any atom is 0.0217 e. The van der Waals surface area contributed by atoms with Gasteiger partial charge in [-0.25, -0.2) is 0 Å². The summed E-state index contributed by atoms with van der Waals surface area (Å²) in [5.74, 6) is 0. The van der Waals surface area contributed by atoms with Crippen molar-refractivity contribution in [1.29, 1.82) is 0 Å². The highest BCUT2D eigenvalue weighted by molar-refractivity contribution is 7.12. The van der Waals surface area contributed by atoms with E-state index < -0.39 is 0 Å². The van der Waals surface area contributed by atoms with E-state index in [2.05, 4.69) is 51.0 Å². The molecule has 1 atom stereocenters. The molecule has 98 valence electrons. The fourth-order valence-electron chi connectivity index (χ4n) is 1.87. The van der Waals surface area contributed by atoms with Gasteiger partial charge < -0.3 is 10.2 Å². The zero-order valence-corrected chi connectivity index (χ0v) is 12.7. The molecule has 0 amide bonds. The Bertz CT molecular complexity index is 333. The lowest BCUT2D eigenvalue weighted by Gasteiger charge is -2.23. The smallest absolute Gasteiger partial charge is 0.0217 e. The molecule has 0 aromatic carbocycles. The molecule has 0 aliphatic heterocycles. The monoisotopic (exact) mass is 254 g/mol. The molecule has 0 aliphatic carbocycles. The van der Waals surface area contributed by atoms with Gasteiger partial charge in [-0.3, -0.25) is 0 Å². The average Bonchev–Trinajstić information content (AvgIpc) is 2.62. The molecule has 1 aromatic rings. The molecule has 1 aromatic heterocycles. The molecule has 1 unspecified atom stereocenters. The molecule has 3 heteroatoms. The highest BCUT2D eigenvalue weighted by Gasteiger charge is 2.06. The third-order valence-electron chi connectivity index (χ3n) is 3.44. The first kappa shape index (κ1) is 14.7. The second kappa shape index (κ2) is 7.14. The summed E-state index contributed by atoms with van der Waals surface area (Å²) in [5, 5.41) is 3.53. The Morgan fingerprint density at radius 2 is 2.12 bits per heavy atom. The average molecular weight is 254 g/mol. The number of rotatable bonds is 7. The van der Waals surface area contributed by atoms with E-state index in [9.17, 15) is 0 Å². The van der Waals surface area contributed by atoms with E-state index in [1.54, 1.807) is 0 Å². The minimum absolute atomic E-state index is 0.682. The first-order valence-corrected chi connectivity index (χ1v) is 7.33. The Morgan fingerprint density at radius 3 is 2.65 bits per heavy atom. The fraction of sp³-hybridized carbons (Fsp3) is 0.714. The Hall–Kier alpha value is -0.380. The second-order valence-corrected chi connectivity index (χ2v) is 6.31. The number of nitrogens with one attached hydrogen (secondary N) is 1. The molecular weight excluding hydrogens is 228 g/mol. The summed E-state index contributed by atoms with van der Waals surface area (Å²) < 4.78 is 0. The van der Waals surface area contributed by atoms with Crippen LogP contribution in [0.5, 0.6) is 0 Å². The van der Waals surface area contributed by atoms with E-state index in [1.807, 2.05) is 11.3 Å². The van der Waals surface area contributed by atoms with E-state index >= 15 is 0 Å². The van der Waals surface area contributed by atoms with Crippen molar-refractivity contribution in [3.63, 3.8) is 0 Å². The summed E-state index contributed by atoms with van der Waals surface area (Å²) in [4.78, 5) is 5.28. The summed E-state index contributed by atoms with van der Waals surface area (Å²) in [6.45, 7) is 12.1. The van der Waals surface area contributed by atoms with Crippen LogP contribution >= 0.6 is 11.3 Å². The van der Waals surface area contributed by atoms with Crippen LogP contribution in [0.15, 0.2) is 6.07 Å². The molecule has 0 spiro atoms. The predicted molar refractivity (Wildman–Crippen MR) is 77.9 cm³/mol. The third kappa shape index (κ3) is 4.78. The first-order valence-electron chi connectivity index (χ1n) is 6.51. The molecule has 0 fully saturated rings. The number of likely N-dealkylation sites (N-methyl/N-ethyl adjacent to an activating group) is 1. The quantitative estimate of drug-likeness (QED) is 0.752. The Labute approximate surface area is 110 Å². The zero-order chi connectivity index (χ0) is 12.8. The van der Waals surface area contributed by atoms with Gasteiger partial charge >= 0.3 is 0 Å². The van der Waals surface area contributed by atoms with Crippen molar-refractivity contribution in [1.82, 2.24) is 10.2 Å². The van der Waals surface area contributed by atoms with E-state index in [0.29, 0.717) is 6.04 Å². The molecule has 0 saturated carbocycles. The van der Waals surface area contributed by atoms with Gasteiger partial charge in [0, 0.05) is 35.4 Å². The Kier molecular flexibility index (Phi) is 6.17. The number of aryl methyl sites for hydroxylation is 2. The summed E-state index contributed by atoms with van der Waals surface area (Å²) >= 11 is 1.89. The van der Waals surface area contributed by atoms with E-state index in [-0.39, 0.29) is 0 Å². The lowest BCUT2D eigenvalue weighted by molar-refractivity contribution is 0.251. The lowest BCUT2D eigenvalue weighted by Crippen LogP contribution is -2.34. The van der Waals surface area contributed by atoms with Crippen molar-refractivity contribution < 1.29 is 0 Å². The van der Waals surface area contributed by atoms with Crippen molar-refractivity contribution in [2.45, 2.75) is 46.7 Å². The lowest BCUT2D eigenvalue weighted by atomic mass is 10.2. The minimum Gasteiger partial charge on any atom is -0.311 e. The van der Waals surface area contributed by atoms with Crippen LogP contribution in [0.1, 0.15) is 35.6 Å². The van der Waals surface area contributed by atoms with Crippen molar-refractivity contribution in [3.05, 3.63) is 21.4 Å². The van der Waals surface area contributed by atoms with Gasteiger partial charge in [0.2, 0.25) is 0 Å².